The highest BCUT2D eigenvalue weighted by Gasteiger charge is 2.60. The van der Waals surface area contributed by atoms with Gasteiger partial charge in [0.2, 0.25) is 0 Å². The fraction of sp³-hybridized carbons (Fsp3) is 0.200. The van der Waals surface area contributed by atoms with Crippen molar-refractivity contribution in [3.05, 3.63) is 167 Å². The van der Waals surface area contributed by atoms with Crippen molar-refractivity contribution in [2.75, 3.05) is 4.90 Å². The second-order valence-corrected chi connectivity index (χ2v) is 14.7. The summed E-state index contributed by atoms with van der Waals surface area (Å²) in [7, 11) is 0. The van der Waals surface area contributed by atoms with Gasteiger partial charge in [0, 0.05) is 17.3 Å². The number of anilines is 2. The quantitative estimate of drug-likeness (QED) is 0.193. The van der Waals surface area contributed by atoms with E-state index in [0.29, 0.717) is 5.92 Å². The Bertz CT molecular complexity index is 2160. The fourth-order valence-electron chi connectivity index (χ4n) is 10.2. The van der Waals surface area contributed by atoms with E-state index in [-0.39, 0.29) is 16.4 Å². The predicted molar refractivity (Wildman–Crippen MR) is 191 cm³/mol. The van der Waals surface area contributed by atoms with Crippen LogP contribution in [0, 0.1) is 5.41 Å². The lowest BCUT2D eigenvalue weighted by atomic mass is 9.70. The van der Waals surface area contributed by atoms with Gasteiger partial charge in [-0.1, -0.05) is 123 Å². The maximum absolute atomic E-state index is 2.67. The van der Waals surface area contributed by atoms with E-state index in [0.717, 1.165) is 0 Å². The molecule has 4 aliphatic rings. The summed E-state index contributed by atoms with van der Waals surface area (Å²) in [6.07, 6.45) is 2.46. The van der Waals surface area contributed by atoms with Crippen molar-refractivity contribution in [1.29, 1.82) is 0 Å². The standard InChI is InChI=1S/C45H37N/c1-43(2)26-25-37-36-27-29(22-24-42(36)46(44(37,43)3)31-13-5-4-6-14-31)30-21-23-35-34-17-9-12-20-40(34)45(41(35)28-30)38-18-10-7-15-32(38)33-16-8-11-19-39(33)45/h4-24,27-28,37H,25-26H2,1-3H3. The van der Waals surface area contributed by atoms with E-state index in [1.807, 2.05) is 0 Å². The van der Waals surface area contributed by atoms with Crippen molar-refractivity contribution >= 4 is 11.4 Å². The lowest BCUT2D eigenvalue weighted by Gasteiger charge is -2.47. The van der Waals surface area contributed by atoms with Gasteiger partial charge >= 0.3 is 0 Å². The summed E-state index contributed by atoms with van der Waals surface area (Å²) >= 11 is 0. The molecular formula is C45H37N. The van der Waals surface area contributed by atoms with Gasteiger partial charge in [-0.05, 0) is 117 Å². The molecule has 2 atom stereocenters. The molecule has 1 fully saturated rings. The van der Waals surface area contributed by atoms with E-state index >= 15 is 0 Å². The fourth-order valence-corrected chi connectivity index (χ4v) is 10.2. The molecule has 0 radical (unpaired) electrons. The van der Waals surface area contributed by atoms with Crippen molar-refractivity contribution in [2.24, 2.45) is 5.41 Å². The van der Waals surface area contributed by atoms with E-state index in [1.54, 1.807) is 0 Å². The summed E-state index contributed by atoms with van der Waals surface area (Å²) in [5, 5.41) is 0. The van der Waals surface area contributed by atoms with Crippen molar-refractivity contribution in [1.82, 2.24) is 0 Å². The molecule has 1 nitrogen and oxygen atoms in total. The first-order valence-electron chi connectivity index (χ1n) is 16.9. The first-order chi connectivity index (χ1) is 22.4. The van der Waals surface area contributed by atoms with Gasteiger partial charge in [-0.25, -0.2) is 0 Å². The highest BCUT2D eigenvalue weighted by molar-refractivity contribution is 5.96. The highest BCUT2D eigenvalue weighted by Crippen LogP contribution is 2.66. The van der Waals surface area contributed by atoms with Gasteiger partial charge in [0.1, 0.15) is 0 Å². The van der Waals surface area contributed by atoms with Crippen LogP contribution in [-0.2, 0) is 5.41 Å². The van der Waals surface area contributed by atoms with Crippen LogP contribution in [0.4, 0.5) is 11.4 Å². The molecule has 222 valence electrons. The molecule has 0 saturated heterocycles. The van der Waals surface area contributed by atoms with Gasteiger partial charge in [0.15, 0.2) is 0 Å². The summed E-state index contributed by atoms with van der Waals surface area (Å²) in [5.41, 5.74) is 17.7. The number of nitrogens with zero attached hydrogens (tertiary/aromatic N) is 1. The van der Waals surface area contributed by atoms with Gasteiger partial charge in [0.25, 0.3) is 0 Å². The zero-order chi connectivity index (χ0) is 30.8. The normalized spacial score (nSPS) is 21.8. The van der Waals surface area contributed by atoms with Crippen LogP contribution in [0.2, 0.25) is 0 Å². The van der Waals surface area contributed by atoms with Crippen LogP contribution < -0.4 is 4.90 Å². The molecule has 1 heterocycles. The lowest BCUT2D eigenvalue weighted by Crippen LogP contribution is -2.50. The molecule has 1 heteroatoms. The number of rotatable bonds is 2. The molecule has 1 saturated carbocycles. The number of benzene rings is 6. The number of para-hydroxylation sites is 1. The van der Waals surface area contributed by atoms with Gasteiger partial charge in [-0.15, -0.1) is 0 Å². The molecule has 2 unspecified atom stereocenters. The second-order valence-electron chi connectivity index (χ2n) is 14.7. The van der Waals surface area contributed by atoms with Crippen molar-refractivity contribution in [3.63, 3.8) is 0 Å². The molecule has 0 bridgehead atoms. The predicted octanol–water partition coefficient (Wildman–Crippen LogP) is 11.5. The zero-order valence-corrected chi connectivity index (χ0v) is 26.7. The van der Waals surface area contributed by atoms with Crippen LogP contribution in [0.5, 0.6) is 0 Å². The lowest BCUT2D eigenvalue weighted by molar-refractivity contribution is 0.222. The Labute approximate surface area is 272 Å². The third kappa shape index (κ3) is 3.02. The molecule has 46 heavy (non-hydrogen) atoms. The van der Waals surface area contributed by atoms with Crippen LogP contribution in [0.15, 0.2) is 140 Å². The molecule has 10 rings (SSSR count). The van der Waals surface area contributed by atoms with Crippen LogP contribution in [0.3, 0.4) is 0 Å². The van der Waals surface area contributed by atoms with Gasteiger partial charge in [-0.3, -0.25) is 0 Å². The number of fused-ring (bicyclic) bond motifs is 13. The van der Waals surface area contributed by atoms with Gasteiger partial charge in [0.05, 0.1) is 11.0 Å². The average molecular weight is 592 g/mol. The molecule has 0 N–H and O–H groups in total. The largest absolute Gasteiger partial charge is 0.334 e. The van der Waals surface area contributed by atoms with E-state index < -0.39 is 0 Å². The Morgan fingerprint density at radius 3 is 1.67 bits per heavy atom. The second kappa shape index (κ2) is 8.89. The summed E-state index contributed by atoms with van der Waals surface area (Å²) in [6, 6.07) is 52.9. The summed E-state index contributed by atoms with van der Waals surface area (Å²) in [5.74, 6) is 0.497. The Morgan fingerprint density at radius 1 is 0.522 bits per heavy atom. The smallest absolute Gasteiger partial charge is 0.0725 e. The van der Waals surface area contributed by atoms with Crippen molar-refractivity contribution in [3.8, 4) is 33.4 Å². The van der Waals surface area contributed by atoms with Crippen LogP contribution in [-0.4, -0.2) is 5.54 Å². The summed E-state index contributed by atoms with van der Waals surface area (Å²) < 4.78 is 0. The maximum Gasteiger partial charge on any atom is 0.0725 e. The Morgan fingerprint density at radius 2 is 1.04 bits per heavy atom. The molecule has 1 aliphatic heterocycles. The third-order valence-electron chi connectivity index (χ3n) is 12.6. The monoisotopic (exact) mass is 591 g/mol. The van der Waals surface area contributed by atoms with Crippen LogP contribution in [0.25, 0.3) is 33.4 Å². The summed E-state index contributed by atoms with van der Waals surface area (Å²) in [4.78, 5) is 2.67. The SMILES string of the molecule is CC1(C)CCC2c3cc(-c4ccc5c(c4)C4(c6ccccc6-c6ccccc64)c4ccccc4-5)ccc3N(c3ccccc3)C21C. The number of hydrogen-bond donors (Lipinski definition) is 0. The van der Waals surface area contributed by atoms with E-state index in [4.69, 9.17) is 0 Å². The van der Waals surface area contributed by atoms with Crippen molar-refractivity contribution in [2.45, 2.75) is 50.5 Å². The summed E-state index contributed by atoms with van der Waals surface area (Å²) in [6.45, 7) is 7.47. The molecule has 6 aromatic carbocycles. The Hall–Kier alpha value is -4.88. The first-order valence-corrected chi connectivity index (χ1v) is 16.9. The van der Waals surface area contributed by atoms with E-state index in [1.165, 1.54) is 85.4 Å². The molecule has 0 amide bonds. The van der Waals surface area contributed by atoms with Gasteiger partial charge < -0.3 is 4.90 Å². The minimum Gasteiger partial charge on any atom is -0.334 e. The number of hydrogen-bond acceptors (Lipinski definition) is 1. The maximum atomic E-state index is 2.67. The highest BCUT2D eigenvalue weighted by atomic mass is 15.3. The van der Waals surface area contributed by atoms with E-state index in [9.17, 15) is 0 Å². The molecule has 0 aromatic heterocycles. The minimum absolute atomic E-state index is 0.0240. The van der Waals surface area contributed by atoms with Gasteiger partial charge in [-0.2, -0.15) is 0 Å². The molecule has 1 spiro atoms. The Balaban J connectivity index is 1.19. The van der Waals surface area contributed by atoms with Crippen LogP contribution >= 0.6 is 0 Å². The first kappa shape index (κ1) is 26.3. The zero-order valence-electron chi connectivity index (χ0n) is 26.7. The van der Waals surface area contributed by atoms with E-state index in [2.05, 4.69) is 165 Å². The Kier molecular flexibility index (Phi) is 5.09. The molecule has 6 aromatic rings. The average Bonchev–Trinajstić information content (AvgIpc) is 3.74. The molecule has 3 aliphatic carbocycles. The third-order valence-corrected chi connectivity index (χ3v) is 12.6. The molecular weight excluding hydrogens is 555 g/mol. The van der Waals surface area contributed by atoms with Crippen molar-refractivity contribution < 1.29 is 0 Å². The van der Waals surface area contributed by atoms with Crippen LogP contribution in [0.1, 0.15) is 67.3 Å². The topological polar surface area (TPSA) is 3.24 Å². The minimum atomic E-state index is -0.315.